The van der Waals surface area contributed by atoms with Crippen molar-refractivity contribution in [3.05, 3.63) is 52.0 Å². The Balaban J connectivity index is 1.26. The minimum Gasteiger partial charge on any atom is -0.495 e. The largest absolute Gasteiger partial charge is 0.495 e. The van der Waals surface area contributed by atoms with E-state index in [2.05, 4.69) is 31.3 Å². The first-order valence-electron chi connectivity index (χ1n) is 9.74. The lowest BCUT2D eigenvalue weighted by Crippen LogP contribution is -2.06. The third kappa shape index (κ3) is 5.20. The Hall–Kier alpha value is -2.74. The van der Waals surface area contributed by atoms with Crippen LogP contribution < -0.4 is 14.8 Å². The Morgan fingerprint density at radius 1 is 1.17 bits per heavy atom. The first-order valence-corrected chi connectivity index (χ1v) is 10.6. The third-order valence-electron chi connectivity index (χ3n) is 4.96. The van der Waals surface area contributed by atoms with Crippen molar-refractivity contribution in [1.29, 1.82) is 0 Å². The number of methoxy groups -OCH3 is 1. The molecule has 3 aromatic heterocycles. The summed E-state index contributed by atoms with van der Waals surface area (Å²) < 4.78 is 11.1. The summed E-state index contributed by atoms with van der Waals surface area (Å²) in [6.45, 7) is 5.21. The zero-order valence-electron chi connectivity index (χ0n) is 16.9. The van der Waals surface area contributed by atoms with Gasteiger partial charge in [-0.1, -0.05) is 0 Å². The molecule has 0 aliphatic heterocycles. The van der Waals surface area contributed by atoms with E-state index in [1.807, 2.05) is 32.2 Å². The van der Waals surface area contributed by atoms with Crippen molar-refractivity contribution < 1.29 is 9.47 Å². The molecule has 0 aromatic carbocycles. The Labute approximate surface area is 174 Å². The smallest absolute Gasteiger partial charge is 0.218 e. The van der Waals surface area contributed by atoms with E-state index in [1.165, 1.54) is 4.88 Å². The maximum Gasteiger partial charge on any atom is 0.218 e. The van der Waals surface area contributed by atoms with Crippen LogP contribution in [0.3, 0.4) is 0 Å². The predicted molar refractivity (Wildman–Crippen MR) is 113 cm³/mol. The standard InChI is InChI=1S/C21H25N5O2S/c1-13-25-20(24-12-17-11-22-14(2)29-17)9-21(26-13)28-7-6-15-8-18(15)19-5-4-16(27-3)10-23-19/h4-5,9-11,15,18H,6-8,12H2,1-3H3,(H,24,25,26). The molecule has 4 rings (SSSR count). The molecule has 0 spiro atoms. The van der Waals surface area contributed by atoms with Crippen LogP contribution in [-0.2, 0) is 6.54 Å². The highest BCUT2D eigenvalue weighted by molar-refractivity contribution is 7.11. The lowest BCUT2D eigenvalue weighted by Gasteiger charge is -2.09. The number of aromatic nitrogens is 4. The van der Waals surface area contributed by atoms with Gasteiger partial charge in [-0.25, -0.2) is 9.97 Å². The number of nitrogens with one attached hydrogen (secondary N) is 1. The van der Waals surface area contributed by atoms with Gasteiger partial charge in [0.1, 0.15) is 17.4 Å². The van der Waals surface area contributed by atoms with Crippen molar-refractivity contribution in [3.63, 3.8) is 0 Å². The van der Waals surface area contributed by atoms with Gasteiger partial charge < -0.3 is 14.8 Å². The van der Waals surface area contributed by atoms with Gasteiger partial charge in [-0.2, -0.15) is 4.98 Å². The van der Waals surface area contributed by atoms with Gasteiger partial charge in [0.2, 0.25) is 5.88 Å². The summed E-state index contributed by atoms with van der Waals surface area (Å²) in [5.41, 5.74) is 1.14. The fourth-order valence-corrected chi connectivity index (χ4v) is 4.08. The SMILES string of the molecule is COc1ccc(C2CC2CCOc2cc(NCc3cnc(C)s3)nc(C)n2)nc1. The molecule has 7 nitrogen and oxygen atoms in total. The molecule has 1 N–H and O–H groups in total. The Morgan fingerprint density at radius 2 is 2.07 bits per heavy atom. The number of anilines is 1. The van der Waals surface area contributed by atoms with E-state index in [0.29, 0.717) is 36.7 Å². The number of hydrogen-bond donors (Lipinski definition) is 1. The van der Waals surface area contributed by atoms with E-state index in [1.54, 1.807) is 24.6 Å². The fraction of sp³-hybridized carbons (Fsp3) is 0.429. The van der Waals surface area contributed by atoms with E-state index >= 15 is 0 Å². The number of nitrogens with zero attached hydrogens (tertiary/aromatic N) is 4. The summed E-state index contributed by atoms with van der Waals surface area (Å²) in [6, 6.07) is 5.89. The maximum absolute atomic E-state index is 5.91. The highest BCUT2D eigenvalue weighted by Crippen LogP contribution is 2.48. The first kappa shape index (κ1) is 19.6. The number of hydrogen-bond acceptors (Lipinski definition) is 8. The minimum absolute atomic E-state index is 0.525. The summed E-state index contributed by atoms with van der Waals surface area (Å²) in [6.07, 6.45) is 5.83. The predicted octanol–water partition coefficient (Wildman–Crippen LogP) is 4.14. The van der Waals surface area contributed by atoms with Gasteiger partial charge in [0.15, 0.2) is 0 Å². The second-order valence-electron chi connectivity index (χ2n) is 7.20. The molecule has 2 unspecified atom stereocenters. The Bertz CT molecular complexity index is 960. The van der Waals surface area contributed by atoms with Crippen LogP contribution in [0.4, 0.5) is 5.82 Å². The van der Waals surface area contributed by atoms with Crippen LogP contribution in [0.25, 0.3) is 0 Å². The van der Waals surface area contributed by atoms with Crippen LogP contribution in [0.15, 0.2) is 30.6 Å². The van der Waals surface area contributed by atoms with E-state index in [4.69, 9.17) is 9.47 Å². The molecule has 3 heterocycles. The van der Waals surface area contributed by atoms with Crippen molar-refractivity contribution in [2.45, 2.75) is 39.2 Å². The van der Waals surface area contributed by atoms with Crippen molar-refractivity contribution in [1.82, 2.24) is 19.9 Å². The monoisotopic (exact) mass is 411 g/mol. The lowest BCUT2D eigenvalue weighted by molar-refractivity contribution is 0.289. The zero-order valence-corrected chi connectivity index (χ0v) is 17.7. The number of rotatable bonds is 9. The van der Waals surface area contributed by atoms with Gasteiger partial charge in [-0.3, -0.25) is 4.98 Å². The van der Waals surface area contributed by atoms with Gasteiger partial charge in [0.25, 0.3) is 0 Å². The van der Waals surface area contributed by atoms with Crippen molar-refractivity contribution in [2.75, 3.05) is 19.0 Å². The normalized spacial score (nSPS) is 17.8. The van der Waals surface area contributed by atoms with E-state index in [9.17, 15) is 0 Å². The maximum atomic E-state index is 5.91. The van der Waals surface area contributed by atoms with Crippen LogP contribution in [0.1, 0.15) is 40.2 Å². The average molecular weight is 412 g/mol. The minimum atomic E-state index is 0.525. The molecule has 1 aliphatic carbocycles. The summed E-state index contributed by atoms with van der Waals surface area (Å²) >= 11 is 1.68. The second kappa shape index (κ2) is 8.73. The summed E-state index contributed by atoms with van der Waals surface area (Å²) in [5.74, 6) is 4.01. The summed E-state index contributed by atoms with van der Waals surface area (Å²) in [7, 11) is 1.66. The molecule has 2 atom stereocenters. The Morgan fingerprint density at radius 3 is 2.79 bits per heavy atom. The number of ether oxygens (including phenoxy) is 2. The molecule has 0 saturated heterocycles. The number of thiazole rings is 1. The molecular weight excluding hydrogens is 386 g/mol. The molecular formula is C21H25N5O2S. The molecule has 1 saturated carbocycles. The fourth-order valence-electron chi connectivity index (χ4n) is 3.35. The van der Waals surface area contributed by atoms with E-state index < -0.39 is 0 Å². The Kier molecular flexibility index (Phi) is 5.89. The van der Waals surface area contributed by atoms with Gasteiger partial charge in [0, 0.05) is 28.8 Å². The van der Waals surface area contributed by atoms with Crippen LogP contribution in [0, 0.1) is 19.8 Å². The molecule has 8 heteroatoms. The highest BCUT2D eigenvalue weighted by Gasteiger charge is 2.38. The third-order valence-corrected chi connectivity index (χ3v) is 5.88. The van der Waals surface area contributed by atoms with Crippen LogP contribution >= 0.6 is 11.3 Å². The molecule has 1 aliphatic rings. The topological polar surface area (TPSA) is 82.0 Å². The van der Waals surface area contributed by atoms with Gasteiger partial charge in [-0.15, -0.1) is 11.3 Å². The van der Waals surface area contributed by atoms with Gasteiger partial charge in [0.05, 0.1) is 31.5 Å². The molecule has 3 aromatic rings. The van der Waals surface area contributed by atoms with Gasteiger partial charge >= 0.3 is 0 Å². The molecule has 152 valence electrons. The van der Waals surface area contributed by atoms with Crippen molar-refractivity contribution in [2.24, 2.45) is 5.92 Å². The molecule has 0 amide bonds. The highest BCUT2D eigenvalue weighted by atomic mass is 32.1. The first-order chi connectivity index (χ1) is 14.1. The van der Waals surface area contributed by atoms with E-state index in [0.717, 1.165) is 35.1 Å². The van der Waals surface area contributed by atoms with Crippen LogP contribution in [0.5, 0.6) is 11.6 Å². The zero-order chi connectivity index (χ0) is 20.2. The lowest BCUT2D eigenvalue weighted by atomic mass is 10.2. The molecule has 29 heavy (non-hydrogen) atoms. The van der Waals surface area contributed by atoms with Crippen molar-refractivity contribution in [3.8, 4) is 11.6 Å². The molecule has 1 fully saturated rings. The van der Waals surface area contributed by atoms with Crippen LogP contribution in [-0.4, -0.2) is 33.7 Å². The number of aryl methyl sites for hydroxylation is 2. The quantitative estimate of drug-likeness (QED) is 0.567. The number of pyridine rings is 1. The van der Waals surface area contributed by atoms with Crippen molar-refractivity contribution >= 4 is 17.2 Å². The second-order valence-corrected chi connectivity index (χ2v) is 8.52. The average Bonchev–Trinajstić information content (AvgIpc) is 3.37. The van der Waals surface area contributed by atoms with Crippen LogP contribution in [0.2, 0.25) is 0 Å². The van der Waals surface area contributed by atoms with E-state index in [-0.39, 0.29) is 0 Å². The molecule has 0 radical (unpaired) electrons. The summed E-state index contributed by atoms with van der Waals surface area (Å²) in [5, 5.41) is 4.39. The molecule has 0 bridgehead atoms. The van der Waals surface area contributed by atoms with Gasteiger partial charge in [-0.05, 0) is 44.7 Å². The summed E-state index contributed by atoms with van der Waals surface area (Å²) in [4.78, 5) is 18.8.